The quantitative estimate of drug-likeness (QED) is 0.208. The first-order valence-corrected chi connectivity index (χ1v) is 14.0. The number of carbonyl (C=O) groups excluding carboxylic acids is 2. The van der Waals surface area contributed by atoms with Crippen LogP contribution >= 0.6 is 34.7 Å². The molecule has 0 saturated heterocycles. The molecule has 0 bridgehead atoms. The highest BCUT2D eigenvalue weighted by molar-refractivity contribution is 7.99. The molecule has 3 heterocycles. The van der Waals surface area contributed by atoms with Gasteiger partial charge >= 0.3 is 5.97 Å². The maximum Gasteiger partial charge on any atom is 0.341 e. The van der Waals surface area contributed by atoms with E-state index in [9.17, 15) is 9.59 Å². The number of nitrogens with one attached hydrogen (secondary N) is 1. The second-order valence-electron chi connectivity index (χ2n) is 8.32. The fourth-order valence-corrected chi connectivity index (χ4v) is 6.63. The predicted octanol–water partition coefficient (Wildman–Crippen LogP) is 6.21. The summed E-state index contributed by atoms with van der Waals surface area (Å²) in [6, 6.07) is 7.32. The van der Waals surface area contributed by atoms with E-state index in [1.165, 1.54) is 23.1 Å². The van der Waals surface area contributed by atoms with Crippen LogP contribution in [-0.4, -0.2) is 39.0 Å². The molecular formula is C25H25ClN4O4S2. The van der Waals surface area contributed by atoms with E-state index in [4.69, 9.17) is 20.8 Å². The number of carbonyl (C=O) groups is 2. The minimum absolute atomic E-state index is 0.124. The van der Waals surface area contributed by atoms with Gasteiger partial charge in [-0.15, -0.1) is 21.5 Å². The number of thiophene rings is 1. The number of benzene rings is 1. The monoisotopic (exact) mass is 544 g/mol. The van der Waals surface area contributed by atoms with Gasteiger partial charge in [0.25, 0.3) is 0 Å². The molecule has 0 radical (unpaired) electrons. The highest BCUT2D eigenvalue weighted by Gasteiger charge is 2.27. The Kier molecular flexibility index (Phi) is 7.36. The molecule has 0 unspecified atom stereocenters. The van der Waals surface area contributed by atoms with E-state index in [-0.39, 0.29) is 17.6 Å². The molecule has 36 heavy (non-hydrogen) atoms. The number of aromatic nitrogens is 3. The van der Waals surface area contributed by atoms with E-state index in [0.29, 0.717) is 51.1 Å². The summed E-state index contributed by atoms with van der Waals surface area (Å²) in [7, 11) is 0. The fraction of sp³-hybridized carbons (Fsp3) is 0.360. The number of hydrogen-bond donors (Lipinski definition) is 1. The number of hydrogen-bond acceptors (Lipinski definition) is 8. The van der Waals surface area contributed by atoms with Crippen molar-refractivity contribution in [1.82, 2.24) is 14.8 Å². The number of amides is 1. The Morgan fingerprint density at radius 1 is 1.22 bits per heavy atom. The first kappa shape index (κ1) is 24.9. The molecule has 5 rings (SSSR count). The van der Waals surface area contributed by atoms with Crippen molar-refractivity contribution in [3.63, 3.8) is 0 Å². The van der Waals surface area contributed by atoms with Crippen molar-refractivity contribution in [2.45, 2.75) is 51.2 Å². The first-order chi connectivity index (χ1) is 17.5. The number of nitrogens with zero attached hydrogens (tertiary/aromatic N) is 3. The van der Waals surface area contributed by atoms with Crippen LogP contribution in [-0.2, 0) is 28.9 Å². The van der Waals surface area contributed by atoms with Crippen LogP contribution in [0.3, 0.4) is 0 Å². The zero-order chi connectivity index (χ0) is 25.2. The molecule has 188 valence electrons. The second-order valence-corrected chi connectivity index (χ2v) is 10.8. The van der Waals surface area contributed by atoms with E-state index in [1.54, 1.807) is 13.0 Å². The molecular weight excluding hydrogens is 520 g/mol. The number of fused-ring (bicyclic) bond motifs is 2. The molecule has 0 atom stereocenters. The maximum atomic E-state index is 12.9. The largest absolute Gasteiger partial charge is 0.462 e. The summed E-state index contributed by atoms with van der Waals surface area (Å²) in [5, 5.41) is 14.2. The smallest absolute Gasteiger partial charge is 0.341 e. The van der Waals surface area contributed by atoms with Crippen molar-refractivity contribution >= 4 is 62.5 Å². The van der Waals surface area contributed by atoms with Gasteiger partial charge in [0.1, 0.15) is 10.6 Å². The van der Waals surface area contributed by atoms with Gasteiger partial charge < -0.3 is 14.5 Å². The van der Waals surface area contributed by atoms with Crippen LogP contribution in [0.25, 0.3) is 22.6 Å². The summed E-state index contributed by atoms with van der Waals surface area (Å²) in [5.74, 6) is 0.708. The molecule has 1 aliphatic carbocycles. The highest BCUT2D eigenvalue weighted by atomic mass is 35.5. The van der Waals surface area contributed by atoms with Gasteiger partial charge in [-0.05, 0) is 69.4 Å². The van der Waals surface area contributed by atoms with Crippen molar-refractivity contribution in [2.24, 2.45) is 0 Å². The Bertz CT molecular complexity index is 1440. The van der Waals surface area contributed by atoms with E-state index >= 15 is 0 Å². The van der Waals surface area contributed by atoms with Gasteiger partial charge in [-0.1, -0.05) is 23.4 Å². The van der Waals surface area contributed by atoms with Gasteiger partial charge in [-0.25, -0.2) is 4.79 Å². The number of thioether (sulfide) groups is 1. The van der Waals surface area contributed by atoms with Gasteiger partial charge in [0.05, 0.1) is 17.9 Å². The summed E-state index contributed by atoms with van der Waals surface area (Å²) in [5.41, 5.74) is 2.25. The SMILES string of the molecule is CCOC(=O)c1c(NC(=O)CSc2nnc(-c3cc4cc(Cl)ccc4o3)n2CC)sc2c1CCCC2. The Morgan fingerprint density at radius 3 is 2.86 bits per heavy atom. The zero-order valence-electron chi connectivity index (χ0n) is 19.9. The lowest BCUT2D eigenvalue weighted by Crippen LogP contribution is -2.17. The lowest BCUT2D eigenvalue weighted by atomic mass is 9.95. The number of rotatable bonds is 8. The third-order valence-electron chi connectivity index (χ3n) is 5.97. The van der Waals surface area contributed by atoms with Crippen molar-refractivity contribution in [2.75, 3.05) is 17.7 Å². The van der Waals surface area contributed by atoms with Gasteiger partial charge in [0.15, 0.2) is 10.9 Å². The van der Waals surface area contributed by atoms with Crippen molar-refractivity contribution < 1.29 is 18.7 Å². The molecule has 3 aromatic heterocycles. The minimum atomic E-state index is -0.373. The van der Waals surface area contributed by atoms with E-state index in [2.05, 4.69) is 15.5 Å². The zero-order valence-corrected chi connectivity index (χ0v) is 22.3. The summed E-state index contributed by atoms with van der Waals surface area (Å²) in [4.78, 5) is 26.7. The minimum Gasteiger partial charge on any atom is -0.462 e. The van der Waals surface area contributed by atoms with Crippen LogP contribution in [0.1, 0.15) is 47.5 Å². The molecule has 0 saturated carbocycles. The van der Waals surface area contributed by atoms with Gasteiger partial charge in [-0.2, -0.15) is 0 Å². The average molecular weight is 545 g/mol. The molecule has 11 heteroatoms. The molecule has 0 aliphatic heterocycles. The van der Waals surface area contributed by atoms with Gasteiger partial charge in [-0.3, -0.25) is 9.36 Å². The van der Waals surface area contributed by atoms with Crippen LogP contribution in [0.2, 0.25) is 5.02 Å². The lowest BCUT2D eigenvalue weighted by Gasteiger charge is -2.12. The molecule has 1 aromatic carbocycles. The number of halogens is 1. The van der Waals surface area contributed by atoms with Gasteiger partial charge in [0, 0.05) is 21.8 Å². The Morgan fingerprint density at radius 2 is 2.06 bits per heavy atom. The Labute approximate surface area is 221 Å². The van der Waals surface area contributed by atoms with Crippen LogP contribution in [0.4, 0.5) is 5.00 Å². The standard InChI is InChI=1S/C25H25ClN4O4S2/c1-3-30-22(18-12-14-11-15(26)9-10-17(14)34-18)28-29-25(30)35-13-20(31)27-23-21(24(32)33-4-2)16-7-5-6-8-19(16)36-23/h9-12H,3-8,13H2,1-2H3,(H,27,31). The van der Waals surface area contributed by atoms with Crippen molar-refractivity contribution in [3.05, 3.63) is 45.3 Å². The number of esters is 1. The Balaban J connectivity index is 1.32. The molecule has 0 fully saturated rings. The number of anilines is 1. The molecule has 0 spiro atoms. The normalized spacial score (nSPS) is 13.1. The van der Waals surface area contributed by atoms with Gasteiger partial charge in [0.2, 0.25) is 11.7 Å². The third-order valence-corrected chi connectivity index (χ3v) is 8.38. The fourth-order valence-electron chi connectivity index (χ4n) is 4.35. The third kappa shape index (κ3) is 4.89. The molecule has 8 nitrogen and oxygen atoms in total. The summed E-state index contributed by atoms with van der Waals surface area (Å²) in [6.45, 7) is 4.66. The number of aryl methyl sites for hydroxylation is 1. The van der Waals surface area contributed by atoms with E-state index in [0.717, 1.165) is 41.5 Å². The second kappa shape index (κ2) is 10.7. The van der Waals surface area contributed by atoms with Crippen molar-refractivity contribution in [3.8, 4) is 11.6 Å². The van der Waals surface area contributed by atoms with Crippen LogP contribution in [0.5, 0.6) is 0 Å². The van der Waals surface area contributed by atoms with Crippen LogP contribution in [0.15, 0.2) is 33.8 Å². The van der Waals surface area contributed by atoms with Crippen LogP contribution < -0.4 is 5.32 Å². The molecule has 4 aromatic rings. The Hall–Kier alpha value is -2.82. The lowest BCUT2D eigenvalue weighted by molar-refractivity contribution is -0.113. The average Bonchev–Trinajstić information content (AvgIpc) is 3.56. The summed E-state index contributed by atoms with van der Waals surface area (Å²) in [6.07, 6.45) is 3.88. The summed E-state index contributed by atoms with van der Waals surface area (Å²) >= 11 is 8.86. The maximum absolute atomic E-state index is 12.9. The molecule has 1 amide bonds. The molecule has 1 aliphatic rings. The number of furan rings is 1. The van der Waals surface area contributed by atoms with Crippen LogP contribution in [0, 0.1) is 0 Å². The predicted molar refractivity (Wildman–Crippen MR) is 142 cm³/mol. The van der Waals surface area contributed by atoms with E-state index in [1.807, 2.05) is 29.7 Å². The topological polar surface area (TPSA) is 99.2 Å². The number of ether oxygens (including phenoxy) is 1. The summed E-state index contributed by atoms with van der Waals surface area (Å²) < 4.78 is 13.1. The highest BCUT2D eigenvalue weighted by Crippen LogP contribution is 2.39. The van der Waals surface area contributed by atoms with Crippen molar-refractivity contribution in [1.29, 1.82) is 0 Å². The van der Waals surface area contributed by atoms with E-state index < -0.39 is 0 Å². The molecule has 1 N–H and O–H groups in total. The first-order valence-electron chi connectivity index (χ1n) is 11.9.